The van der Waals surface area contributed by atoms with Gasteiger partial charge in [-0.1, -0.05) is 12.1 Å². The van der Waals surface area contributed by atoms with Gasteiger partial charge in [-0.2, -0.15) is 0 Å². The molecule has 5 nitrogen and oxygen atoms in total. The van der Waals surface area contributed by atoms with Crippen LogP contribution in [0.15, 0.2) is 18.2 Å². The van der Waals surface area contributed by atoms with Crippen molar-refractivity contribution in [2.24, 2.45) is 0 Å². The summed E-state index contributed by atoms with van der Waals surface area (Å²) in [5.41, 5.74) is 1.66. The molecule has 0 saturated carbocycles. The number of amides is 2. The number of benzene rings is 1. The van der Waals surface area contributed by atoms with E-state index in [0.717, 1.165) is 43.5 Å². The van der Waals surface area contributed by atoms with Gasteiger partial charge in [0.25, 0.3) is 0 Å². The highest BCUT2D eigenvalue weighted by Crippen LogP contribution is 2.32. The quantitative estimate of drug-likeness (QED) is 0.858. The minimum atomic E-state index is -0.168. The molecule has 1 N–H and O–H groups in total. The summed E-state index contributed by atoms with van der Waals surface area (Å²) in [5.74, 6) is -0.168. The third kappa shape index (κ3) is 4.50. The van der Waals surface area contributed by atoms with Crippen LogP contribution >= 0.6 is 0 Å². The fourth-order valence-corrected chi connectivity index (χ4v) is 3.63. The van der Waals surface area contributed by atoms with E-state index in [-0.39, 0.29) is 24.0 Å². The second-order valence-corrected chi connectivity index (χ2v) is 7.23. The molecule has 25 heavy (non-hydrogen) atoms. The molecule has 1 aliphatic carbocycles. The molecule has 138 valence electrons. The number of hydrogen-bond acceptors (Lipinski definition) is 3. The average molecular weight is 349 g/mol. The number of carbonyl (C=O) groups is 1. The van der Waals surface area contributed by atoms with Crippen molar-refractivity contribution in [1.29, 1.82) is 0 Å². The van der Waals surface area contributed by atoms with Crippen LogP contribution in [0, 0.1) is 5.82 Å². The molecule has 1 fully saturated rings. The van der Waals surface area contributed by atoms with Crippen molar-refractivity contribution in [2.75, 3.05) is 40.3 Å². The van der Waals surface area contributed by atoms with E-state index in [2.05, 4.69) is 10.2 Å². The molecule has 0 spiro atoms. The minimum absolute atomic E-state index is 0.0838. The summed E-state index contributed by atoms with van der Waals surface area (Å²) >= 11 is 0. The first-order valence-electron chi connectivity index (χ1n) is 9.13. The van der Waals surface area contributed by atoms with Crippen molar-refractivity contribution in [2.45, 2.75) is 37.8 Å². The zero-order chi connectivity index (χ0) is 17.8. The third-order valence-electron chi connectivity index (χ3n) is 5.06. The number of ether oxygens (including phenoxy) is 1. The lowest BCUT2D eigenvalue weighted by Crippen LogP contribution is -2.47. The van der Waals surface area contributed by atoms with Crippen LogP contribution in [0.1, 0.15) is 36.4 Å². The number of nitrogens with one attached hydrogen (secondary N) is 1. The van der Waals surface area contributed by atoms with Gasteiger partial charge in [0.15, 0.2) is 0 Å². The minimum Gasteiger partial charge on any atom is -0.376 e. The summed E-state index contributed by atoms with van der Waals surface area (Å²) in [6.45, 7) is 2.85. The van der Waals surface area contributed by atoms with Gasteiger partial charge >= 0.3 is 6.03 Å². The highest BCUT2D eigenvalue weighted by atomic mass is 19.1. The molecule has 2 aliphatic rings. The SMILES string of the molecule is CN(C)CCN(C[C@H]1CCCO1)C(=O)N[C@@H]1CCc2c(F)cccc21. The largest absolute Gasteiger partial charge is 0.376 e. The Bertz CT molecular complexity index is 602. The van der Waals surface area contributed by atoms with Crippen LogP contribution in [0.3, 0.4) is 0 Å². The van der Waals surface area contributed by atoms with Crippen molar-refractivity contribution in [1.82, 2.24) is 15.1 Å². The molecule has 1 aromatic carbocycles. The van der Waals surface area contributed by atoms with E-state index in [0.29, 0.717) is 19.5 Å². The lowest BCUT2D eigenvalue weighted by Gasteiger charge is -2.28. The summed E-state index contributed by atoms with van der Waals surface area (Å²) in [6.07, 6.45) is 3.62. The molecule has 1 aliphatic heterocycles. The summed E-state index contributed by atoms with van der Waals surface area (Å²) < 4.78 is 19.6. The molecule has 2 atom stereocenters. The molecule has 1 saturated heterocycles. The van der Waals surface area contributed by atoms with Gasteiger partial charge in [0.1, 0.15) is 5.82 Å². The van der Waals surface area contributed by atoms with Gasteiger partial charge < -0.3 is 19.9 Å². The number of nitrogens with zero attached hydrogens (tertiary/aromatic N) is 2. The maximum absolute atomic E-state index is 13.9. The van der Waals surface area contributed by atoms with E-state index < -0.39 is 0 Å². The molecule has 3 rings (SSSR count). The van der Waals surface area contributed by atoms with Gasteiger partial charge in [0.05, 0.1) is 12.1 Å². The number of rotatable bonds is 6. The van der Waals surface area contributed by atoms with E-state index in [1.807, 2.05) is 25.1 Å². The average Bonchev–Trinajstić information content (AvgIpc) is 3.22. The summed E-state index contributed by atoms with van der Waals surface area (Å²) in [5, 5.41) is 3.11. The van der Waals surface area contributed by atoms with Gasteiger partial charge in [0.2, 0.25) is 0 Å². The normalized spacial score (nSPS) is 22.2. The standard InChI is InChI=1S/C19H28FN3O2/c1-22(2)10-11-23(13-14-5-4-12-25-14)19(24)21-18-9-8-15-16(18)6-3-7-17(15)20/h3,6-7,14,18H,4-5,8-13H2,1-2H3,(H,21,24)/t14-,18-/m1/s1. The predicted octanol–water partition coefficient (Wildman–Crippen LogP) is 2.57. The maximum Gasteiger partial charge on any atom is 0.318 e. The maximum atomic E-state index is 13.9. The molecule has 1 heterocycles. The number of halogens is 1. The topological polar surface area (TPSA) is 44.8 Å². The Balaban J connectivity index is 1.64. The highest BCUT2D eigenvalue weighted by molar-refractivity contribution is 5.75. The van der Waals surface area contributed by atoms with Crippen LogP contribution in [-0.2, 0) is 11.2 Å². The Morgan fingerprint density at radius 1 is 1.32 bits per heavy atom. The van der Waals surface area contributed by atoms with Crippen molar-refractivity contribution in [3.8, 4) is 0 Å². The van der Waals surface area contributed by atoms with Crippen LogP contribution < -0.4 is 5.32 Å². The number of fused-ring (bicyclic) bond motifs is 1. The molecule has 0 radical (unpaired) electrons. The molecule has 0 unspecified atom stereocenters. The molecule has 2 amide bonds. The zero-order valence-corrected chi connectivity index (χ0v) is 15.1. The Hall–Kier alpha value is -1.66. The second-order valence-electron chi connectivity index (χ2n) is 7.23. The molecule has 0 aromatic heterocycles. The first kappa shape index (κ1) is 18.1. The van der Waals surface area contributed by atoms with E-state index in [1.165, 1.54) is 6.07 Å². The van der Waals surface area contributed by atoms with Crippen LogP contribution in [0.5, 0.6) is 0 Å². The van der Waals surface area contributed by atoms with Crippen molar-refractivity contribution in [3.63, 3.8) is 0 Å². The van der Waals surface area contributed by atoms with E-state index >= 15 is 0 Å². The molecule has 1 aromatic rings. The zero-order valence-electron chi connectivity index (χ0n) is 15.1. The number of carbonyl (C=O) groups excluding carboxylic acids is 1. The summed E-state index contributed by atoms with van der Waals surface area (Å²) in [7, 11) is 4.00. The Morgan fingerprint density at radius 3 is 2.88 bits per heavy atom. The Kier molecular flexibility index (Phi) is 5.91. The number of hydrogen-bond donors (Lipinski definition) is 1. The Labute approximate surface area is 149 Å². The first-order chi connectivity index (χ1) is 12.0. The van der Waals surface area contributed by atoms with E-state index in [4.69, 9.17) is 4.74 Å². The summed E-state index contributed by atoms with van der Waals surface area (Å²) in [6, 6.07) is 4.93. The number of urea groups is 1. The summed E-state index contributed by atoms with van der Waals surface area (Å²) in [4.78, 5) is 16.7. The predicted molar refractivity (Wildman–Crippen MR) is 95.1 cm³/mol. The second kappa shape index (κ2) is 8.15. The number of likely N-dealkylation sites (N-methyl/N-ethyl adjacent to an activating group) is 1. The van der Waals surface area contributed by atoms with Gasteiger partial charge in [0, 0.05) is 26.2 Å². The van der Waals surface area contributed by atoms with Crippen molar-refractivity contribution >= 4 is 6.03 Å². The fraction of sp³-hybridized carbons (Fsp3) is 0.632. The first-order valence-corrected chi connectivity index (χ1v) is 9.13. The molecule has 0 bridgehead atoms. The molecular formula is C19H28FN3O2. The van der Waals surface area contributed by atoms with Crippen molar-refractivity contribution < 1.29 is 13.9 Å². The lowest BCUT2D eigenvalue weighted by atomic mass is 10.1. The van der Waals surface area contributed by atoms with Gasteiger partial charge in [-0.25, -0.2) is 9.18 Å². The lowest BCUT2D eigenvalue weighted by molar-refractivity contribution is 0.0790. The fourth-order valence-electron chi connectivity index (χ4n) is 3.63. The Morgan fingerprint density at radius 2 is 2.16 bits per heavy atom. The van der Waals surface area contributed by atoms with Crippen LogP contribution in [-0.4, -0.2) is 62.3 Å². The monoisotopic (exact) mass is 349 g/mol. The van der Waals surface area contributed by atoms with Crippen LogP contribution in [0.2, 0.25) is 0 Å². The van der Waals surface area contributed by atoms with E-state index in [9.17, 15) is 9.18 Å². The van der Waals surface area contributed by atoms with Gasteiger partial charge in [-0.05, 0) is 57.0 Å². The van der Waals surface area contributed by atoms with Crippen molar-refractivity contribution in [3.05, 3.63) is 35.1 Å². The van der Waals surface area contributed by atoms with E-state index in [1.54, 1.807) is 6.07 Å². The molecule has 6 heteroatoms. The highest BCUT2D eigenvalue weighted by Gasteiger charge is 2.29. The smallest absolute Gasteiger partial charge is 0.318 e. The van der Waals surface area contributed by atoms with Gasteiger partial charge in [-0.15, -0.1) is 0 Å². The molecular weight excluding hydrogens is 321 g/mol. The van der Waals surface area contributed by atoms with Crippen LogP contribution in [0.4, 0.5) is 9.18 Å². The van der Waals surface area contributed by atoms with Crippen LogP contribution in [0.25, 0.3) is 0 Å². The third-order valence-corrected chi connectivity index (χ3v) is 5.06. The van der Waals surface area contributed by atoms with Gasteiger partial charge in [-0.3, -0.25) is 0 Å².